The standard InChI is InChI=1S/C31H41FOSi/c1-18(2)24-16-22(32)17-27(29(24)33-31(4,5)6)34(7,8)30-19(3)14-25-23-11-9-10-20-12-13-21(28(20)23)15-26(25)30/h9-11,15-19,25-26,30H,12-14H2,1-8H3. The highest BCUT2D eigenvalue weighted by molar-refractivity contribution is 6.91. The second-order valence-electron chi connectivity index (χ2n) is 13.0. The van der Waals surface area contributed by atoms with Crippen molar-refractivity contribution in [2.45, 2.75) is 96.9 Å². The lowest BCUT2D eigenvalue weighted by molar-refractivity contribution is 0.130. The molecule has 3 heteroatoms. The van der Waals surface area contributed by atoms with E-state index in [1.807, 2.05) is 6.07 Å². The fourth-order valence-corrected chi connectivity index (χ4v) is 12.0. The number of benzene rings is 2. The lowest BCUT2D eigenvalue weighted by Gasteiger charge is -2.41. The van der Waals surface area contributed by atoms with Crippen LogP contribution in [-0.4, -0.2) is 13.7 Å². The molecule has 1 saturated carbocycles. The van der Waals surface area contributed by atoms with Crippen LogP contribution in [0, 0.1) is 17.7 Å². The van der Waals surface area contributed by atoms with E-state index < -0.39 is 8.07 Å². The SMILES string of the molecule is CC(C)c1cc(F)cc([Si](C)(C)C2C(C)CC3c4cccc5c4C(=CC32)CC5)c1OC(C)(C)C. The molecule has 34 heavy (non-hydrogen) atoms. The average Bonchev–Trinajstić information content (AvgIpc) is 3.30. The molecular formula is C31H41FOSi. The lowest BCUT2D eigenvalue weighted by Crippen LogP contribution is -2.50. The van der Waals surface area contributed by atoms with E-state index in [9.17, 15) is 0 Å². The van der Waals surface area contributed by atoms with E-state index in [1.165, 1.54) is 24.4 Å². The summed E-state index contributed by atoms with van der Waals surface area (Å²) in [4.78, 5) is 0. The van der Waals surface area contributed by atoms with Crippen LogP contribution in [0.25, 0.3) is 5.57 Å². The Morgan fingerprint density at radius 3 is 2.50 bits per heavy atom. The molecule has 3 aliphatic carbocycles. The highest BCUT2D eigenvalue weighted by atomic mass is 28.3. The van der Waals surface area contributed by atoms with E-state index in [0.717, 1.165) is 11.3 Å². The molecule has 0 aliphatic heterocycles. The first-order valence-corrected chi connectivity index (χ1v) is 16.3. The van der Waals surface area contributed by atoms with Crippen molar-refractivity contribution in [3.05, 3.63) is 64.5 Å². The fraction of sp³-hybridized carbons (Fsp3) is 0.548. The minimum Gasteiger partial charge on any atom is -0.488 e. The molecular weight excluding hydrogens is 435 g/mol. The van der Waals surface area contributed by atoms with Crippen molar-refractivity contribution >= 4 is 18.8 Å². The molecule has 1 fully saturated rings. The van der Waals surface area contributed by atoms with Crippen LogP contribution in [0.5, 0.6) is 5.75 Å². The number of allylic oxidation sites excluding steroid dienone is 2. The predicted octanol–water partition coefficient (Wildman–Crippen LogP) is 8.20. The van der Waals surface area contributed by atoms with Gasteiger partial charge in [0.15, 0.2) is 0 Å². The molecule has 0 heterocycles. The molecule has 0 bridgehead atoms. The predicted molar refractivity (Wildman–Crippen MR) is 144 cm³/mol. The number of aryl methyl sites for hydroxylation is 1. The molecule has 0 radical (unpaired) electrons. The number of ether oxygens (including phenoxy) is 1. The van der Waals surface area contributed by atoms with Gasteiger partial charge in [-0.15, -0.1) is 0 Å². The highest BCUT2D eigenvalue weighted by Crippen LogP contribution is 2.60. The topological polar surface area (TPSA) is 9.23 Å². The Labute approximate surface area is 206 Å². The monoisotopic (exact) mass is 476 g/mol. The van der Waals surface area contributed by atoms with E-state index in [2.05, 4.69) is 78.9 Å². The Bertz CT molecular complexity index is 1150. The van der Waals surface area contributed by atoms with Gasteiger partial charge in [-0.1, -0.05) is 58.1 Å². The van der Waals surface area contributed by atoms with Crippen LogP contribution < -0.4 is 9.92 Å². The smallest absolute Gasteiger partial charge is 0.123 e. The minimum atomic E-state index is -2.13. The van der Waals surface area contributed by atoms with Crippen molar-refractivity contribution in [3.63, 3.8) is 0 Å². The zero-order chi connectivity index (χ0) is 24.6. The van der Waals surface area contributed by atoms with Crippen LogP contribution in [0.3, 0.4) is 0 Å². The molecule has 2 aromatic rings. The fourth-order valence-electron chi connectivity index (χ4n) is 7.52. The summed E-state index contributed by atoms with van der Waals surface area (Å²) < 4.78 is 21.8. The largest absolute Gasteiger partial charge is 0.488 e. The van der Waals surface area contributed by atoms with Gasteiger partial charge in [-0.25, -0.2) is 4.39 Å². The van der Waals surface area contributed by atoms with Gasteiger partial charge < -0.3 is 4.74 Å². The first kappa shape index (κ1) is 23.8. The molecule has 0 spiro atoms. The van der Waals surface area contributed by atoms with Crippen molar-refractivity contribution in [3.8, 4) is 5.75 Å². The Morgan fingerprint density at radius 2 is 1.82 bits per heavy atom. The average molecular weight is 477 g/mol. The van der Waals surface area contributed by atoms with Crippen molar-refractivity contribution in [1.29, 1.82) is 0 Å². The summed E-state index contributed by atoms with van der Waals surface area (Å²) in [6, 6.07) is 10.5. The Kier molecular flexibility index (Phi) is 5.67. The maximum Gasteiger partial charge on any atom is 0.123 e. The molecule has 0 N–H and O–H groups in total. The maximum atomic E-state index is 15.1. The quantitative estimate of drug-likeness (QED) is 0.404. The van der Waals surface area contributed by atoms with Gasteiger partial charge in [-0.3, -0.25) is 0 Å². The summed E-state index contributed by atoms with van der Waals surface area (Å²) in [7, 11) is -2.13. The number of hydrogen-bond donors (Lipinski definition) is 0. The Morgan fingerprint density at radius 1 is 1.09 bits per heavy atom. The molecule has 0 aromatic heterocycles. The number of fused-ring (bicyclic) bond motifs is 2. The van der Waals surface area contributed by atoms with Crippen LogP contribution in [-0.2, 0) is 6.42 Å². The van der Waals surface area contributed by atoms with E-state index >= 15 is 4.39 Å². The summed E-state index contributed by atoms with van der Waals surface area (Å²) in [5, 5.41) is 1.17. The molecule has 4 unspecified atom stereocenters. The summed E-state index contributed by atoms with van der Waals surface area (Å²) in [6.45, 7) is 18.0. The highest BCUT2D eigenvalue weighted by Gasteiger charge is 2.52. The van der Waals surface area contributed by atoms with Gasteiger partial charge in [0.1, 0.15) is 17.2 Å². The van der Waals surface area contributed by atoms with Gasteiger partial charge in [-0.05, 0) is 114 Å². The maximum absolute atomic E-state index is 15.1. The number of hydrogen-bond acceptors (Lipinski definition) is 1. The van der Waals surface area contributed by atoms with Crippen molar-refractivity contribution < 1.29 is 9.13 Å². The number of rotatable bonds is 4. The van der Waals surface area contributed by atoms with Crippen LogP contribution in [0.1, 0.15) is 88.5 Å². The van der Waals surface area contributed by atoms with Crippen LogP contribution >= 0.6 is 0 Å². The van der Waals surface area contributed by atoms with E-state index in [-0.39, 0.29) is 17.3 Å². The van der Waals surface area contributed by atoms with Crippen LogP contribution in [0.15, 0.2) is 36.4 Å². The van der Waals surface area contributed by atoms with Gasteiger partial charge in [0.2, 0.25) is 0 Å². The third-order valence-corrected chi connectivity index (χ3v) is 13.1. The normalized spacial score (nSPS) is 25.9. The number of halogens is 1. The molecule has 1 nitrogen and oxygen atoms in total. The molecule has 0 amide bonds. The van der Waals surface area contributed by atoms with Gasteiger partial charge >= 0.3 is 0 Å². The first-order chi connectivity index (χ1) is 15.9. The van der Waals surface area contributed by atoms with Crippen LogP contribution in [0.2, 0.25) is 18.6 Å². The third kappa shape index (κ3) is 3.79. The molecule has 182 valence electrons. The van der Waals surface area contributed by atoms with Crippen molar-refractivity contribution in [2.24, 2.45) is 11.8 Å². The van der Waals surface area contributed by atoms with Gasteiger partial charge in [0, 0.05) is 0 Å². The molecule has 5 rings (SSSR count). The third-order valence-electron chi connectivity index (χ3n) is 8.72. The van der Waals surface area contributed by atoms with Crippen molar-refractivity contribution in [2.75, 3.05) is 0 Å². The molecule has 0 saturated heterocycles. The first-order valence-electron chi connectivity index (χ1n) is 13.2. The summed E-state index contributed by atoms with van der Waals surface area (Å²) in [5.41, 5.74) is 7.53. The lowest BCUT2D eigenvalue weighted by atomic mass is 9.78. The molecule has 3 aliphatic rings. The summed E-state index contributed by atoms with van der Waals surface area (Å²) >= 11 is 0. The van der Waals surface area contributed by atoms with E-state index in [4.69, 9.17) is 4.74 Å². The van der Waals surface area contributed by atoms with Gasteiger partial charge in [0.05, 0.1) is 8.07 Å². The van der Waals surface area contributed by atoms with E-state index in [1.54, 1.807) is 28.3 Å². The summed E-state index contributed by atoms with van der Waals surface area (Å²) in [6.07, 6.45) is 6.24. The second kappa shape index (κ2) is 8.08. The van der Waals surface area contributed by atoms with E-state index in [0.29, 0.717) is 23.3 Å². The van der Waals surface area contributed by atoms with Crippen molar-refractivity contribution in [1.82, 2.24) is 0 Å². The Hall–Kier alpha value is -1.87. The van der Waals surface area contributed by atoms with Gasteiger partial charge in [-0.2, -0.15) is 0 Å². The minimum absolute atomic E-state index is 0.115. The zero-order valence-electron chi connectivity index (χ0n) is 22.3. The molecule has 4 atom stereocenters. The zero-order valence-corrected chi connectivity index (χ0v) is 23.3. The second-order valence-corrected chi connectivity index (χ2v) is 17.6. The Balaban J connectivity index is 1.64. The summed E-state index contributed by atoms with van der Waals surface area (Å²) in [5.74, 6) is 2.80. The van der Waals surface area contributed by atoms with Crippen LogP contribution in [0.4, 0.5) is 4.39 Å². The van der Waals surface area contributed by atoms with Gasteiger partial charge in [0.25, 0.3) is 0 Å². The molecule has 2 aromatic carbocycles.